The summed E-state index contributed by atoms with van der Waals surface area (Å²) in [6.45, 7) is 0.771. The third-order valence-corrected chi connectivity index (χ3v) is 1.97. The van der Waals surface area contributed by atoms with Gasteiger partial charge in [0.05, 0.1) is 5.75 Å². The van der Waals surface area contributed by atoms with Gasteiger partial charge in [-0.15, -0.1) is 12.4 Å². The van der Waals surface area contributed by atoms with E-state index in [4.69, 9.17) is 0 Å². The van der Waals surface area contributed by atoms with Gasteiger partial charge >= 0.3 is 0 Å². The number of sulfone groups is 1. The predicted octanol–water partition coefficient (Wildman–Crippen LogP) is 0.0623. The zero-order valence-corrected chi connectivity index (χ0v) is 7.89. The highest BCUT2D eigenvalue weighted by atomic mass is 35.5. The van der Waals surface area contributed by atoms with Crippen LogP contribution in [0, 0.1) is 0 Å². The molecule has 0 atom stereocenters. The SMILES string of the molecule is CNCCCS(C)(=O)=O.Cl. The molecule has 0 fully saturated rings. The van der Waals surface area contributed by atoms with Crippen molar-refractivity contribution in [1.29, 1.82) is 0 Å². The summed E-state index contributed by atoms with van der Waals surface area (Å²) in [6.07, 6.45) is 1.96. The predicted molar refractivity (Wildman–Crippen MR) is 45.5 cm³/mol. The minimum absolute atomic E-state index is 0. The summed E-state index contributed by atoms with van der Waals surface area (Å²) in [5, 5.41) is 2.88. The van der Waals surface area contributed by atoms with Crippen LogP contribution >= 0.6 is 12.4 Å². The third-order valence-electron chi connectivity index (χ3n) is 0.942. The molecule has 64 valence electrons. The molecule has 1 N–H and O–H groups in total. The number of hydrogen-bond acceptors (Lipinski definition) is 3. The highest BCUT2D eigenvalue weighted by molar-refractivity contribution is 7.90. The van der Waals surface area contributed by atoms with Gasteiger partial charge in [0.25, 0.3) is 0 Å². The average molecular weight is 188 g/mol. The lowest BCUT2D eigenvalue weighted by atomic mass is 10.5. The Balaban J connectivity index is 0. The number of hydrogen-bond donors (Lipinski definition) is 1. The van der Waals surface area contributed by atoms with Crippen LogP contribution in [-0.4, -0.2) is 34.0 Å². The number of halogens is 1. The zero-order valence-electron chi connectivity index (χ0n) is 6.25. The van der Waals surface area contributed by atoms with Crippen LogP contribution in [0.4, 0.5) is 0 Å². The van der Waals surface area contributed by atoms with Crippen LogP contribution in [0.25, 0.3) is 0 Å². The Bertz CT molecular complexity index is 155. The minimum atomic E-state index is -2.74. The highest BCUT2D eigenvalue weighted by Crippen LogP contribution is 1.85. The molecular formula is C5H14ClNO2S. The molecule has 0 spiro atoms. The Kier molecular flexibility index (Phi) is 7.63. The fourth-order valence-corrected chi connectivity index (χ4v) is 1.18. The first-order chi connectivity index (χ1) is 4.06. The first kappa shape index (κ1) is 12.8. The van der Waals surface area contributed by atoms with Crippen molar-refractivity contribution >= 4 is 22.2 Å². The van der Waals surface area contributed by atoms with Crippen molar-refractivity contribution in [2.24, 2.45) is 0 Å². The van der Waals surface area contributed by atoms with Crippen molar-refractivity contribution < 1.29 is 8.42 Å². The minimum Gasteiger partial charge on any atom is -0.320 e. The van der Waals surface area contributed by atoms with Crippen molar-refractivity contribution in [1.82, 2.24) is 5.32 Å². The van der Waals surface area contributed by atoms with Crippen LogP contribution in [0.1, 0.15) is 6.42 Å². The molecule has 0 bridgehead atoms. The lowest BCUT2D eigenvalue weighted by Gasteiger charge is -1.95. The highest BCUT2D eigenvalue weighted by Gasteiger charge is 1.98. The molecule has 0 rings (SSSR count). The molecule has 3 nitrogen and oxygen atoms in total. The maximum atomic E-state index is 10.5. The molecule has 0 aromatic heterocycles. The smallest absolute Gasteiger partial charge is 0.147 e. The molecule has 0 saturated heterocycles. The van der Waals surface area contributed by atoms with Gasteiger partial charge in [-0.25, -0.2) is 8.42 Å². The maximum absolute atomic E-state index is 10.5. The van der Waals surface area contributed by atoms with Crippen molar-refractivity contribution in [3.05, 3.63) is 0 Å². The monoisotopic (exact) mass is 187 g/mol. The largest absolute Gasteiger partial charge is 0.320 e. The van der Waals surface area contributed by atoms with Crippen molar-refractivity contribution in [3.63, 3.8) is 0 Å². The molecule has 5 heteroatoms. The number of rotatable bonds is 4. The van der Waals surface area contributed by atoms with Gasteiger partial charge in [0.2, 0.25) is 0 Å². The fourth-order valence-electron chi connectivity index (χ4n) is 0.511. The van der Waals surface area contributed by atoms with Crippen LogP contribution in [0.15, 0.2) is 0 Å². The van der Waals surface area contributed by atoms with Crippen molar-refractivity contribution in [2.75, 3.05) is 25.6 Å². The van der Waals surface area contributed by atoms with Crippen LogP contribution in [0.2, 0.25) is 0 Å². The zero-order chi connectivity index (χ0) is 7.33. The molecule has 0 saturated carbocycles. The van der Waals surface area contributed by atoms with E-state index < -0.39 is 9.84 Å². The van der Waals surface area contributed by atoms with Gasteiger partial charge in [0, 0.05) is 6.26 Å². The lowest BCUT2D eigenvalue weighted by molar-refractivity contribution is 0.597. The van der Waals surface area contributed by atoms with Gasteiger partial charge in [-0.2, -0.15) is 0 Å². The van der Waals surface area contributed by atoms with Crippen molar-refractivity contribution in [2.45, 2.75) is 6.42 Å². The van der Waals surface area contributed by atoms with E-state index in [0.717, 1.165) is 6.54 Å². The molecule has 0 aliphatic heterocycles. The van der Waals surface area contributed by atoms with Crippen LogP contribution in [0.5, 0.6) is 0 Å². The molecular weight excluding hydrogens is 174 g/mol. The van der Waals surface area contributed by atoms with Gasteiger partial charge in [0.15, 0.2) is 0 Å². The molecule has 0 aromatic rings. The van der Waals surface area contributed by atoms with E-state index >= 15 is 0 Å². The van der Waals surface area contributed by atoms with Gasteiger partial charge in [-0.1, -0.05) is 0 Å². The van der Waals surface area contributed by atoms with Crippen LogP contribution < -0.4 is 5.32 Å². The first-order valence-corrected chi connectivity index (χ1v) is 4.94. The van der Waals surface area contributed by atoms with Gasteiger partial charge in [-0.05, 0) is 20.0 Å². The lowest BCUT2D eigenvalue weighted by Crippen LogP contribution is -2.13. The Morgan fingerprint density at radius 2 is 1.90 bits per heavy atom. The first-order valence-electron chi connectivity index (χ1n) is 2.88. The van der Waals surface area contributed by atoms with Gasteiger partial charge < -0.3 is 5.32 Å². The second-order valence-electron chi connectivity index (χ2n) is 2.09. The molecule has 0 aliphatic carbocycles. The molecule has 0 radical (unpaired) electrons. The van der Waals surface area contributed by atoms with E-state index in [-0.39, 0.29) is 18.2 Å². The summed E-state index contributed by atoms with van der Waals surface area (Å²) in [5.74, 6) is 0.286. The molecule has 0 heterocycles. The van der Waals surface area contributed by atoms with Gasteiger partial charge in [-0.3, -0.25) is 0 Å². The van der Waals surface area contributed by atoms with E-state index in [1.54, 1.807) is 0 Å². The standard InChI is InChI=1S/C5H13NO2S.ClH/c1-6-4-3-5-9(2,7)8;/h6H,3-5H2,1-2H3;1H. The Hall–Kier alpha value is 0.200. The van der Waals surface area contributed by atoms with Gasteiger partial charge in [0.1, 0.15) is 9.84 Å². The summed E-state index contributed by atoms with van der Waals surface area (Å²) in [4.78, 5) is 0. The normalized spacial score (nSPS) is 10.6. The Morgan fingerprint density at radius 1 is 1.40 bits per heavy atom. The molecule has 0 aliphatic rings. The van der Waals surface area contributed by atoms with E-state index in [1.807, 2.05) is 7.05 Å². The maximum Gasteiger partial charge on any atom is 0.147 e. The summed E-state index contributed by atoms with van der Waals surface area (Å²) in [5.41, 5.74) is 0. The molecule has 0 amide bonds. The molecule has 0 unspecified atom stereocenters. The second-order valence-corrected chi connectivity index (χ2v) is 4.35. The summed E-state index contributed by atoms with van der Waals surface area (Å²) in [7, 11) is -0.929. The fraction of sp³-hybridized carbons (Fsp3) is 1.00. The van der Waals surface area contributed by atoms with Crippen LogP contribution in [-0.2, 0) is 9.84 Å². The third kappa shape index (κ3) is 11.1. The van der Waals surface area contributed by atoms with Crippen molar-refractivity contribution in [3.8, 4) is 0 Å². The average Bonchev–Trinajstić information content (AvgIpc) is 1.63. The molecule has 10 heavy (non-hydrogen) atoms. The van der Waals surface area contributed by atoms with E-state index in [0.29, 0.717) is 6.42 Å². The Morgan fingerprint density at radius 3 is 2.20 bits per heavy atom. The van der Waals surface area contributed by atoms with E-state index in [9.17, 15) is 8.42 Å². The van der Waals surface area contributed by atoms with E-state index in [1.165, 1.54) is 6.26 Å². The summed E-state index contributed by atoms with van der Waals surface area (Å²) in [6, 6.07) is 0. The quantitative estimate of drug-likeness (QED) is 0.634. The second kappa shape index (κ2) is 5.95. The number of nitrogens with one attached hydrogen (secondary N) is 1. The molecule has 0 aromatic carbocycles. The Labute approximate surface area is 68.5 Å². The topological polar surface area (TPSA) is 46.2 Å². The van der Waals surface area contributed by atoms with Crippen LogP contribution in [0.3, 0.4) is 0 Å². The summed E-state index contributed by atoms with van der Waals surface area (Å²) >= 11 is 0. The van der Waals surface area contributed by atoms with E-state index in [2.05, 4.69) is 5.32 Å². The summed E-state index contributed by atoms with van der Waals surface area (Å²) < 4.78 is 21.0.